The van der Waals surface area contributed by atoms with Gasteiger partial charge in [-0.3, -0.25) is 4.98 Å². The minimum absolute atomic E-state index is 0.197. The Morgan fingerprint density at radius 2 is 2.09 bits per heavy atom. The highest BCUT2D eigenvalue weighted by molar-refractivity contribution is 6.35. The summed E-state index contributed by atoms with van der Waals surface area (Å²) in [6.45, 7) is 5.70. The molecule has 0 aliphatic heterocycles. The molecule has 0 amide bonds. The largest absolute Gasteiger partial charge is 0.395 e. The predicted octanol–water partition coefficient (Wildman–Crippen LogP) is 3.66. The van der Waals surface area contributed by atoms with Crippen LogP contribution in [0.3, 0.4) is 0 Å². The topological polar surface area (TPSA) is 48.4 Å². The van der Waals surface area contributed by atoms with Crippen LogP contribution in [0, 0.1) is 0 Å². The molecule has 0 spiro atoms. The van der Waals surface area contributed by atoms with E-state index in [0.717, 1.165) is 42.6 Å². The summed E-state index contributed by atoms with van der Waals surface area (Å²) in [6, 6.07) is 5.61. The van der Waals surface area contributed by atoms with E-state index in [0.29, 0.717) is 16.6 Å². The van der Waals surface area contributed by atoms with E-state index in [-0.39, 0.29) is 6.61 Å². The van der Waals surface area contributed by atoms with Crippen molar-refractivity contribution in [3.05, 3.63) is 34.4 Å². The summed E-state index contributed by atoms with van der Waals surface area (Å²) in [7, 11) is 0. The number of hydrogen-bond acceptors (Lipinski definition) is 4. The van der Waals surface area contributed by atoms with Crippen molar-refractivity contribution in [2.24, 2.45) is 0 Å². The Hall–Kier alpha value is -1.07. The molecule has 0 unspecified atom stereocenters. The minimum Gasteiger partial charge on any atom is -0.395 e. The third-order valence-corrected chi connectivity index (χ3v) is 4.12. The quantitative estimate of drug-likeness (QED) is 0.719. The summed E-state index contributed by atoms with van der Waals surface area (Å²) < 4.78 is 0. The van der Waals surface area contributed by atoms with Gasteiger partial charge < -0.3 is 15.3 Å². The van der Waals surface area contributed by atoms with Crippen LogP contribution in [0.4, 0.5) is 5.69 Å². The second-order valence-corrected chi connectivity index (χ2v) is 5.92. The minimum atomic E-state index is 0.197. The molecule has 0 fully saturated rings. The summed E-state index contributed by atoms with van der Waals surface area (Å²) in [5, 5.41) is 14.6. The first kappa shape index (κ1) is 17.3. The molecule has 0 radical (unpaired) electrons. The van der Waals surface area contributed by atoms with E-state index in [1.54, 1.807) is 6.20 Å². The van der Waals surface area contributed by atoms with Gasteiger partial charge in [-0.2, -0.15) is 0 Å². The van der Waals surface area contributed by atoms with Crippen LogP contribution >= 0.6 is 23.2 Å². The molecule has 1 aromatic heterocycles. The van der Waals surface area contributed by atoms with Gasteiger partial charge in [0.2, 0.25) is 0 Å². The molecule has 120 valence electrons. The Morgan fingerprint density at radius 3 is 2.82 bits per heavy atom. The van der Waals surface area contributed by atoms with Crippen molar-refractivity contribution in [1.82, 2.24) is 9.88 Å². The maximum Gasteiger partial charge on any atom is 0.0827 e. The highest BCUT2D eigenvalue weighted by atomic mass is 35.5. The van der Waals surface area contributed by atoms with E-state index in [1.807, 2.05) is 18.2 Å². The van der Waals surface area contributed by atoms with Gasteiger partial charge in [-0.25, -0.2) is 0 Å². The van der Waals surface area contributed by atoms with Gasteiger partial charge in [0, 0.05) is 29.7 Å². The van der Waals surface area contributed by atoms with Crippen LogP contribution in [0.2, 0.25) is 10.0 Å². The SMILES string of the molecule is CCN(CCO)CCCNc1c(Cl)cnc2cc(Cl)ccc12. The van der Waals surface area contributed by atoms with Crippen molar-refractivity contribution < 1.29 is 5.11 Å². The van der Waals surface area contributed by atoms with E-state index >= 15 is 0 Å². The molecule has 2 aromatic rings. The molecule has 2 N–H and O–H groups in total. The van der Waals surface area contributed by atoms with Crippen LogP contribution in [0.25, 0.3) is 10.9 Å². The van der Waals surface area contributed by atoms with Crippen molar-refractivity contribution in [3.8, 4) is 0 Å². The molecule has 6 heteroatoms. The second kappa shape index (κ2) is 8.53. The van der Waals surface area contributed by atoms with Crippen molar-refractivity contribution in [3.63, 3.8) is 0 Å². The summed E-state index contributed by atoms with van der Waals surface area (Å²) in [5.41, 5.74) is 1.73. The van der Waals surface area contributed by atoms with Crippen LogP contribution < -0.4 is 5.32 Å². The molecule has 0 aliphatic rings. The highest BCUT2D eigenvalue weighted by Crippen LogP contribution is 2.30. The van der Waals surface area contributed by atoms with Crippen LogP contribution in [-0.2, 0) is 0 Å². The number of halogens is 2. The molecule has 0 saturated heterocycles. The van der Waals surface area contributed by atoms with Crippen LogP contribution in [0.5, 0.6) is 0 Å². The molecule has 1 aromatic carbocycles. The van der Waals surface area contributed by atoms with E-state index in [1.165, 1.54) is 0 Å². The van der Waals surface area contributed by atoms with Gasteiger partial charge >= 0.3 is 0 Å². The molecule has 4 nitrogen and oxygen atoms in total. The van der Waals surface area contributed by atoms with Crippen LogP contribution in [0.15, 0.2) is 24.4 Å². The number of hydrogen-bond donors (Lipinski definition) is 2. The molecule has 0 atom stereocenters. The molecular formula is C16H21Cl2N3O. The maximum atomic E-state index is 8.99. The first-order chi connectivity index (χ1) is 10.7. The van der Waals surface area contributed by atoms with Crippen molar-refractivity contribution in [2.45, 2.75) is 13.3 Å². The van der Waals surface area contributed by atoms with Crippen molar-refractivity contribution in [2.75, 3.05) is 38.1 Å². The zero-order valence-electron chi connectivity index (χ0n) is 12.6. The fourth-order valence-electron chi connectivity index (χ4n) is 2.41. The molecule has 2 rings (SSSR count). The number of nitrogens with zero attached hydrogens (tertiary/aromatic N) is 2. The lowest BCUT2D eigenvalue weighted by atomic mass is 10.2. The molecule has 22 heavy (non-hydrogen) atoms. The number of likely N-dealkylation sites (N-methyl/N-ethyl adjacent to an activating group) is 1. The van der Waals surface area contributed by atoms with Gasteiger partial charge in [-0.15, -0.1) is 0 Å². The van der Waals surface area contributed by atoms with Crippen LogP contribution in [0.1, 0.15) is 13.3 Å². The molecule has 1 heterocycles. The van der Waals surface area contributed by atoms with Gasteiger partial charge in [0.1, 0.15) is 0 Å². The second-order valence-electron chi connectivity index (χ2n) is 5.08. The number of aliphatic hydroxyl groups is 1. The fraction of sp³-hybridized carbons (Fsp3) is 0.438. The number of anilines is 1. The lowest BCUT2D eigenvalue weighted by Crippen LogP contribution is -2.28. The van der Waals surface area contributed by atoms with E-state index in [9.17, 15) is 0 Å². The summed E-state index contributed by atoms with van der Waals surface area (Å²) in [4.78, 5) is 6.52. The van der Waals surface area contributed by atoms with E-state index in [4.69, 9.17) is 28.3 Å². The average molecular weight is 342 g/mol. The van der Waals surface area contributed by atoms with E-state index in [2.05, 4.69) is 22.1 Å². The zero-order chi connectivity index (χ0) is 15.9. The number of pyridine rings is 1. The average Bonchev–Trinajstić information content (AvgIpc) is 2.52. The van der Waals surface area contributed by atoms with E-state index < -0.39 is 0 Å². The number of fused-ring (bicyclic) bond motifs is 1. The fourth-order valence-corrected chi connectivity index (χ4v) is 2.79. The maximum absolute atomic E-state index is 8.99. The third-order valence-electron chi connectivity index (χ3n) is 3.60. The molecule has 0 aliphatic carbocycles. The third kappa shape index (κ3) is 4.46. The smallest absolute Gasteiger partial charge is 0.0827 e. The summed E-state index contributed by atoms with van der Waals surface area (Å²) in [5.74, 6) is 0. The lowest BCUT2D eigenvalue weighted by molar-refractivity contribution is 0.202. The highest BCUT2D eigenvalue weighted by Gasteiger charge is 2.08. The summed E-state index contributed by atoms with van der Waals surface area (Å²) >= 11 is 12.3. The number of benzene rings is 1. The Labute approximate surface area is 141 Å². The Morgan fingerprint density at radius 1 is 1.27 bits per heavy atom. The van der Waals surface area contributed by atoms with Gasteiger partial charge in [-0.05, 0) is 37.7 Å². The number of aliphatic hydroxyl groups excluding tert-OH is 1. The Bertz CT molecular complexity index is 622. The molecule has 0 bridgehead atoms. The number of aromatic nitrogens is 1. The van der Waals surface area contributed by atoms with Gasteiger partial charge in [-0.1, -0.05) is 30.1 Å². The van der Waals surface area contributed by atoms with Crippen LogP contribution in [-0.4, -0.2) is 47.8 Å². The van der Waals surface area contributed by atoms with Gasteiger partial charge in [0.15, 0.2) is 0 Å². The summed E-state index contributed by atoms with van der Waals surface area (Å²) in [6.07, 6.45) is 2.62. The lowest BCUT2D eigenvalue weighted by Gasteiger charge is -2.19. The van der Waals surface area contributed by atoms with Gasteiger partial charge in [0.25, 0.3) is 0 Å². The zero-order valence-corrected chi connectivity index (χ0v) is 14.2. The monoisotopic (exact) mass is 341 g/mol. The Kier molecular flexibility index (Phi) is 6.70. The Balaban J connectivity index is 2.01. The number of nitrogens with one attached hydrogen (secondary N) is 1. The number of rotatable bonds is 8. The normalized spacial score (nSPS) is 11.3. The standard InChI is InChI=1S/C16H21Cl2N3O/c1-2-21(8-9-22)7-3-6-19-16-13-5-4-12(17)10-15(13)20-11-14(16)18/h4-5,10-11,22H,2-3,6-9H2,1H3,(H,19,20). The molecule has 0 saturated carbocycles. The van der Waals surface area contributed by atoms with Crippen molar-refractivity contribution >= 4 is 39.8 Å². The first-order valence-corrected chi connectivity index (χ1v) is 8.22. The predicted molar refractivity (Wildman–Crippen MR) is 94.1 cm³/mol. The van der Waals surface area contributed by atoms with Crippen molar-refractivity contribution in [1.29, 1.82) is 0 Å². The molecular weight excluding hydrogens is 321 g/mol. The van der Waals surface area contributed by atoms with Gasteiger partial charge in [0.05, 0.1) is 22.8 Å². The first-order valence-electron chi connectivity index (χ1n) is 7.46.